The van der Waals surface area contributed by atoms with E-state index in [0.717, 1.165) is 30.6 Å². The molecule has 2 aliphatic carbocycles. The fourth-order valence-electron chi connectivity index (χ4n) is 4.97. The topological polar surface area (TPSA) is 18.5 Å². The Morgan fingerprint density at radius 1 is 0.828 bits per heavy atom. The molecule has 0 atom stereocenters. The molecule has 0 amide bonds. The lowest BCUT2D eigenvalue weighted by molar-refractivity contribution is 0.127. The van der Waals surface area contributed by atoms with Crippen LogP contribution in [0.15, 0.2) is 36.6 Å². The summed E-state index contributed by atoms with van der Waals surface area (Å²) in [4.78, 5) is 0. The molecule has 0 N–H and O–H groups in total. The highest BCUT2D eigenvalue weighted by Gasteiger charge is 2.30. The third kappa shape index (κ3) is 5.83. The first-order valence-electron chi connectivity index (χ1n) is 11.1. The molecule has 0 saturated heterocycles. The molecule has 1 aromatic carbocycles. The van der Waals surface area contributed by atoms with Gasteiger partial charge in [-0.05, 0) is 101 Å². The molecule has 3 rings (SSSR count). The van der Waals surface area contributed by atoms with Gasteiger partial charge in [-0.3, -0.25) is 0 Å². The zero-order valence-corrected chi connectivity index (χ0v) is 17.7. The smallest absolute Gasteiger partial charge is 0.205 e. The number of hydrogen-bond acceptors (Lipinski definition) is 2. The predicted octanol–water partition coefficient (Wildman–Crippen LogP) is 7.44. The SMILES string of the molecule is C/C=C/Oc1ccc(OCC2CCC(C3CCC(/C=C/C)CC3)CC2)c(F)c1F. The molecular formula is C25H34F2O2. The predicted molar refractivity (Wildman–Crippen MR) is 113 cm³/mol. The molecule has 4 heteroatoms. The Morgan fingerprint density at radius 2 is 1.41 bits per heavy atom. The quantitative estimate of drug-likeness (QED) is 0.347. The van der Waals surface area contributed by atoms with Crippen molar-refractivity contribution in [3.8, 4) is 11.5 Å². The van der Waals surface area contributed by atoms with Gasteiger partial charge in [0.2, 0.25) is 11.6 Å². The van der Waals surface area contributed by atoms with Gasteiger partial charge < -0.3 is 9.47 Å². The van der Waals surface area contributed by atoms with E-state index in [-0.39, 0.29) is 11.5 Å². The van der Waals surface area contributed by atoms with Gasteiger partial charge >= 0.3 is 0 Å². The van der Waals surface area contributed by atoms with Gasteiger partial charge in [0.1, 0.15) is 0 Å². The van der Waals surface area contributed by atoms with Crippen molar-refractivity contribution < 1.29 is 18.3 Å². The van der Waals surface area contributed by atoms with E-state index in [2.05, 4.69) is 19.1 Å². The summed E-state index contributed by atoms with van der Waals surface area (Å²) in [5.41, 5.74) is 0. The summed E-state index contributed by atoms with van der Waals surface area (Å²) in [6.45, 7) is 4.31. The molecule has 0 radical (unpaired) electrons. The molecule has 160 valence electrons. The maximum absolute atomic E-state index is 14.2. The number of benzene rings is 1. The largest absolute Gasteiger partial charge is 0.490 e. The van der Waals surface area contributed by atoms with Crippen molar-refractivity contribution in [1.82, 2.24) is 0 Å². The third-order valence-electron chi connectivity index (χ3n) is 6.66. The molecule has 2 aliphatic rings. The molecule has 2 nitrogen and oxygen atoms in total. The van der Waals surface area contributed by atoms with Crippen LogP contribution in [0.1, 0.15) is 65.2 Å². The van der Waals surface area contributed by atoms with Gasteiger partial charge in [-0.15, -0.1) is 0 Å². The van der Waals surface area contributed by atoms with Crippen LogP contribution in [0.25, 0.3) is 0 Å². The second kappa shape index (κ2) is 10.8. The monoisotopic (exact) mass is 404 g/mol. The van der Waals surface area contributed by atoms with E-state index in [1.54, 1.807) is 13.0 Å². The van der Waals surface area contributed by atoms with Crippen LogP contribution >= 0.6 is 0 Å². The average molecular weight is 405 g/mol. The number of hydrogen-bond donors (Lipinski definition) is 0. The molecule has 0 spiro atoms. The van der Waals surface area contributed by atoms with Gasteiger partial charge in [0.25, 0.3) is 0 Å². The number of ether oxygens (including phenoxy) is 2. The minimum absolute atomic E-state index is 0.0280. The molecule has 0 bridgehead atoms. The lowest BCUT2D eigenvalue weighted by Gasteiger charge is -2.37. The average Bonchev–Trinajstić information content (AvgIpc) is 2.75. The van der Waals surface area contributed by atoms with Crippen LogP contribution < -0.4 is 9.47 Å². The van der Waals surface area contributed by atoms with Crippen LogP contribution in [0.5, 0.6) is 11.5 Å². The van der Waals surface area contributed by atoms with Crippen LogP contribution in [0.3, 0.4) is 0 Å². The first kappa shape index (κ1) is 21.9. The number of rotatable bonds is 7. The molecule has 29 heavy (non-hydrogen) atoms. The molecular weight excluding hydrogens is 370 g/mol. The van der Waals surface area contributed by atoms with Crippen molar-refractivity contribution >= 4 is 0 Å². The van der Waals surface area contributed by atoms with Crippen LogP contribution in [0, 0.1) is 35.3 Å². The zero-order valence-electron chi connectivity index (χ0n) is 17.7. The van der Waals surface area contributed by atoms with Crippen LogP contribution in [0.2, 0.25) is 0 Å². The van der Waals surface area contributed by atoms with Gasteiger partial charge in [-0.2, -0.15) is 8.78 Å². The minimum atomic E-state index is -1.00. The van der Waals surface area contributed by atoms with Crippen molar-refractivity contribution in [3.63, 3.8) is 0 Å². The number of allylic oxidation sites excluding steroid dienone is 3. The summed E-state index contributed by atoms with van der Waals surface area (Å²) < 4.78 is 39.0. The Morgan fingerprint density at radius 3 is 2.03 bits per heavy atom. The van der Waals surface area contributed by atoms with Gasteiger partial charge in [-0.25, -0.2) is 0 Å². The van der Waals surface area contributed by atoms with Gasteiger partial charge in [-0.1, -0.05) is 18.2 Å². The summed E-state index contributed by atoms with van der Waals surface area (Å²) >= 11 is 0. The number of halogens is 2. The van der Waals surface area contributed by atoms with Gasteiger partial charge in [0, 0.05) is 0 Å². The summed E-state index contributed by atoms with van der Waals surface area (Å²) in [5, 5.41) is 0. The highest BCUT2D eigenvalue weighted by molar-refractivity contribution is 5.35. The van der Waals surface area contributed by atoms with E-state index in [1.165, 1.54) is 56.9 Å². The molecule has 0 aromatic heterocycles. The summed E-state index contributed by atoms with van der Waals surface area (Å²) in [6.07, 6.45) is 17.6. The Bertz CT molecular complexity index is 697. The minimum Gasteiger partial charge on any atom is -0.490 e. The van der Waals surface area contributed by atoms with Crippen LogP contribution in [-0.4, -0.2) is 6.61 Å². The van der Waals surface area contributed by atoms with E-state index in [0.29, 0.717) is 12.5 Å². The molecule has 1 aromatic rings. The van der Waals surface area contributed by atoms with Gasteiger partial charge in [0.15, 0.2) is 11.5 Å². The van der Waals surface area contributed by atoms with Crippen molar-refractivity contribution in [2.24, 2.45) is 23.7 Å². The lowest BCUT2D eigenvalue weighted by Crippen LogP contribution is -2.27. The first-order chi connectivity index (χ1) is 14.1. The van der Waals surface area contributed by atoms with Crippen molar-refractivity contribution in [3.05, 3.63) is 48.3 Å². The van der Waals surface area contributed by atoms with Crippen LogP contribution in [0.4, 0.5) is 8.78 Å². The Kier molecular flexibility index (Phi) is 8.14. The normalized spacial score (nSPS) is 28.1. The molecule has 0 heterocycles. The maximum atomic E-state index is 14.2. The van der Waals surface area contributed by atoms with Crippen molar-refractivity contribution in [2.75, 3.05) is 6.61 Å². The molecule has 0 aliphatic heterocycles. The highest BCUT2D eigenvalue weighted by Crippen LogP contribution is 2.41. The molecule has 2 fully saturated rings. The van der Waals surface area contributed by atoms with Gasteiger partial charge in [0.05, 0.1) is 12.9 Å². The summed E-state index contributed by atoms with van der Waals surface area (Å²) in [6, 6.07) is 2.86. The third-order valence-corrected chi connectivity index (χ3v) is 6.66. The van der Waals surface area contributed by atoms with E-state index >= 15 is 0 Å². The van der Waals surface area contributed by atoms with E-state index in [9.17, 15) is 8.78 Å². The summed E-state index contributed by atoms with van der Waals surface area (Å²) in [5.74, 6) is 0.775. The van der Waals surface area contributed by atoms with Crippen LogP contribution in [-0.2, 0) is 0 Å². The lowest BCUT2D eigenvalue weighted by atomic mass is 9.69. The van der Waals surface area contributed by atoms with Crippen molar-refractivity contribution in [1.29, 1.82) is 0 Å². The Balaban J connectivity index is 1.44. The van der Waals surface area contributed by atoms with E-state index in [1.807, 2.05) is 0 Å². The Hall–Kier alpha value is -1.84. The zero-order chi connectivity index (χ0) is 20.6. The molecule has 0 unspecified atom stereocenters. The fraction of sp³-hybridized carbons (Fsp3) is 0.600. The highest BCUT2D eigenvalue weighted by atomic mass is 19.2. The Labute approximate surface area is 174 Å². The maximum Gasteiger partial charge on any atom is 0.205 e. The van der Waals surface area contributed by atoms with Crippen molar-refractivity contribution in [2.45, 2.75) is 65.2 Å². The second-order valence-corrected chi connectivity index (χ2v) is 8.57. The second-order valence-electron chi connectivity index (χ2n) is 8.57. The summed E-state index contributed by atoms with van der Waals surface area (Å²) in [7, 11) is 0. The van der Waals surface area contributed by atoms with E-state index in [4.69, 9.17) is 9.47 Å². The molecule has 2 saturated carbocycles. The first-order valence-corrected chi connectivity index (χ1v) is 11.1. The standard InChI is InChI=1S/C25H34F2O2/c1-3-5-18-6-10-20(11-7-18)21-12-8-19(9-13-21)17-29-23-15-14-22(28-16-4-2)24(26)25(23)27/h3-5,14-16,18-21H,6-13,17H2,1-2H3/b5-3+,16-4+. The fourth-order valence-corrected chi connectivity index (χ4v) is 4.97. The van der Waals surface area contributed by atoms with E-state index < -0.39 is 11.6 Å².